The molecule has 0 saturated heterocycles. The Bertz CT molecular complexity index is 1190. The maximum atomic E-state index is 12.8. The molecule has 8 heteroatoms. The smallest absolute Gasteiger partial charge is 0.295 e. The summed E-state index contributed by atoms with van der Waals surface area (Å²) in [5.41, 5.74) is 2.21. The third-order valence-electron chi connectivity index (χ3n) is 4.58. The molecule has 0 aliphatic carbocycles. The van der Waals surface area contributed by atoms with Crippen molar-refractivity contribution in [1.29, 1.82) is 0 Å². The molecular weight excluding hydrogens is 460 g/mol. The lowest BCUT2D eigenvalue weighted by molar-refractivity contribution is 0.101. The summed E-state index contributed by atoms with van der Waals surface area (Å²) in [6.45, 7) is 0. The number of benzene rings is 3. The van der Waals surface area contributed by atoms with Gasteiger partial charge in [0.25, 0.3) is 5.91 Å². The van der Waals surface area contributed by atoms with Crippen molar-refractivity contribution < 1.29 is 14.3 Å². The molecule has 0 radical (unpaired) electrons. The molecular formula is C23H19BrN4O3. The standard InChI is InChI=1S/C23H19BrN4O3/c1-30-19-11-7-17(8-12-19)25-23(29)21-26-22(15-3-5-16(24)6-4-15)28(27-21)18-9-13-20(31-2)14-10-18/h3-14H,1-2H3,(H,25,29). The van der Waals surface area contributed by atoms with Gasteiger partial charge < -0.3 is 14.8 Å². The summed E-state index contributed by atoms with van der Waals surface area (Å²) in [6.07, 6.45) is 0. The van der Waals surface area contributed by atoms with Crippen LogP contribution in [-0.4, -0.2) is 34.9 Å². The monoisotopic (exact) mass is 478 g/mol. The minimum absolute atomic E-state index is 0.0598. The summed E-state index contributed by atoms with van der Waals surface area (Å²) >= 11 is 3.44. The predicted octanol–water partition coefficient (Wildman–Crippen LogP) is 4.97. The number of anilines is 1. The van der Waals surface area contributed by atoms with Gasteiger partial charge in [-0.05, 0) is 60.7 Å². The average molecular weight is 479 g/mol. The first-order valence-electron chi connectivity index (χ1n) is 9.40. The maximum Gasteiger partial charge on any atom is 0.295 e. The molecule has 4 aromatic rings. The van der Waals surface area contributed by atoms with E-state index in [1.807, 2.05) is 48.5 Å². The third kappa shape index (κ3) is 4.59. The van der Waals surface area contributed by atoms with Crippen LogP contribution in [0.4, 0.5) is 5.69 Å². The zero-order valence-corrected chi connectivity index (χ0v) is 18.5. The highest BCUT2D eigenvalue weighted by Crippen LogP contribution is 2.25. The lowest BCUT2D eigenvalue weighted by Crippen LogP contribution is -2.14. The van der Waals surface area contributed by atoms with Crippen LogP contribution in [0.2, 0.25) is 0 Å². The largest absolute Gasteiger partial charge is 0.497 e. The molecule has 0 spiro atoms. The maximum absolute atomic E-state index is 12.8. The van der Waals surface area contributed by atoms with E-state index in [0.29, 0.717) is 17.3 Å². The molecule has 1 amide bonds. The summed E-state index contributed by atoms with van der Waals surface area (Å²) in [6, 6.07) is 22.1. The fraction of sp³-hybridized carbons (Fsp3) is 0.0870. The van der Waals surface area contributed by atoms with E-state index in [1.165, 1.54) is 0 Å². The Morgan fingerprint density at radius 1 is 0.871 bits per heavy atom. The number of nitrogens with zero attached hydrogens (tertiary/aromatic N) is 3. The summed E-state index contributed by atoms with van der Waals surface area (Å²) in [7, 11) is 3.20. The first-order valence-corrected chi connectivity index (χ1v) is 10.2. The van der Waals surface area contributed by atoms with Gasteiger partial charge in [0.05, 0.1) is 19.9 Å². The molecule has 0 aliphatic rings. The molecule has 0 atom stereocenters. The van der Waals surface area contributed by atoms with Gasteiger partial charge >= 0.3 is 0 Å². The number of hydrogen-bond donors (Lipinski definition) is 1. The highest BCUT2D eigenvalue weighted by Gasteiger charge is 2.19. The average Bonchev–Trinajstić information content (AvgIpc) is 3.26. The Morgan fingerprint density at radius 2 is 1.45 bits per heavy atom. The van der Waals surface area contributed by atoms with Gasteiger partial charge in [-0.3, -0.25) is 4.79 Å². The van der Waals surface area contributed by atoms with Crippen LogP contribution in [0.1, 0.15) is 10.6 Å². The number of methoxy groups -OCH3 is 2. The van der Waals surface area contributed by atoms with Gasteiger partial charge in [0.2, 0.25) is 5.82 Å². The van der Waals surface area contributed by atoms with Crippen LogP contribution < -0.4 is 14.8 Å². The SMILES string of the molecule is COc1ccc(NC(=O)c2nc(-c3ccc(Br)cc3)n(-c3ccc(OC)cc3)n2)cc1. The molecule has 0 bridgehead atoms. The molecule has 1 aromatic heterocycles. The second-order valence-electron chi connectivity index (χ2n) is 6.56. The second-order valence-corrected chi connectivity index (χ2v) is 7.47. The number of carbonyl (C=O) groups is 1. The number of nitrogens with one attached hydrogen (secondary N) is 1. The quantitative estimate of drug-likeness (QED) is 0.423. The van der Waals surface area contributed by atoms with Crippen LogP contribution in [0.15, 0.2) is 77.3 Å². The number of carbonyl (C=O) groups excluding carboxylic acids is 1. The zero-order chi connectivity index (χ0) is 21.8. The lowest BCUT2D eigenvalue weighted by atomic mass is 10.2. The number of rotatable bonds is 6. The van der Waals surface area contributed by atoms with E-state index in [0.717, 1.165) is 21.5 Å². The number of aromatic nitrogens is 3. The third-order valence-corrected chi connectivity index (χ3v) is 5.11. The van der Waals surface area contributed by atoms with Crippen molar-refractivity contribution in [2.24, 2.45) is 0 Å². The number of halogens is 1. The molecule has 3 aromatic carbocycles. The zero-order valence-electron chi connectivity index (χ0n) is 16.9. The van der Waals surface area contributed by atoms with Crippen molar-refractivity contribution in [1.82, 2.24) is 14.8 Å². The van der Waals surface area contributed by atoms with Gasteiger partial charge in [0.15, 0.2) is 5.82 Å². The Balaban J connectivity index is 1.70. The van der Waals surface area contributed by atoms with E-state index >= 15 is 0 Å². The van der Waals surface area contributed by atoms with Crippen LogP contribution >= 0.6 is 15.9 Å². The first-order chi connectivity index (χ1) is 15.1. The van der Waals surface area contributed by atoms with Crippen molar-refractivity contribution in [2.45, 2.75) is 0 Å². The molecule has 4 rings (SSSR count). The van der Waals surface area contributed by atoms with E-state index in [1.54, 1.807) is 43.2 Å². The van der Waals surface area contributed by atoms with Crippen molar-refractivity contribution in [2.75, 3.05) is 19.5 Å². The summed E-state index contributed by atoms with van der Waals surface area (Å²) in [5.74, 6) is 1.64. The summed E-state index contributed by atoms with van der Waals surface area (Å²) in [4.78, 5) is 17.4. The van der Waals surface area contributed by atoms with Gasteiger partial charge in [0.1, 0.15) is 11.5 Å². The molecule has 0 aliphatic heterocycles. The van der Waals surface area contributed by atoms with Crippen LogP contribution in [-0.2, 0) is 0 Å². The van der Waals surface area contributed by atoms with E-state index in [-0.39, 0.29) is 5.82 Å². The molecule has 31 heavy (non-hydrogen) atoms. The molecule has 1 N–H and O–H groups in total. The van der Waals surface area contributed by atoms with Gasteiger partial charge in [-0.15, -0.1) is 5.10 Å². The number of amides is 1. The van der Waals surface area contributed by atoms with Crippen molar-refractivity contribution in [3.05, 3.63) is 83.1 Å². The van der Waals surface area contributed by atoms with Crippen LogP contribution in [0, 0.1) is 0 Å². The Kier molecular flexibility index (Phi) is 5.99. The summed E-state index contributed by atoms with van der Waals surface area (Å²) in [5, 5.41) is 7.30. The van der Waals surface area contributed by atoms with Crippen LogP contribution in [0.3, 0.4) is 0 Å². The Morgan fingerprint density at radius 3 is 2.03 bits per heavy atom. The van der Waals surface area contributed by atoms with Gasteiger partial charge in [-0.2, -0.15) is 0 Å². The summed E-state index contributed by atoms with van der Waals surface area (Å²) < 4.78 is 13.0. The molecule has 0 fully saturated rings. The molecule has 7 nitrogen and oxygen atoms in total. The minimum Gasteiger partial charge on any atom is -0.497 e. The van der Waals surface area contributed by atoms with Crippen LogP contribution in [0.5, 0.6) is 11.5 Å². The minimum atomic E-state index is -0.407. The van der Waals surface area contributed by atoms with Crippen LogP contribution in [0.25, 0.3) is 17.1 Å². The highest BCUT2D eigenvalue weighted by molar-refractivity contribution is 9.10. The fourth-order valence-electron chi connectivity index (χ4n) is 2.96. The number of ether oxygens (including phenoxy) is 2. The Labute approximate surface area is 187 Å². The molecule has 1 heterocycles. The van der Waals surface area contributed by atoms with E-state index in [4.69, 9.17) is 9.47 Å². The normalized spacial score (nSPS) is 10.5. The highest BCUT2D eigenvalue weighted by atomic mass is 79.9. The van der Waals surface area contributed by atoms with Crippen molar-refractivity contribution >= 4 is 27.5 Å². The molecule has 156 valence electrons. The van der Waals surface area contributed by atoms with E-state index in [9.17, 15) is 4.79 Å². The van der Waals surface area contributed by atoms with Gasteiger partial charge in [-0.1, -0.05) is 28.1 Å². The first kappa shape index (κ1) is 20.6. The topological polar surface area (TPSA) is 78.3 Å². The van der Waals surface area contributed by atoms with E-state index in [2.05, 4.69) is 31.3 Å². The van der Waals surface area contributed by atoms with Gasteiger partial charge in [-0.25, -0.2) is 9.67 Å². The lowest BCUT2D eigenvalue weighted by Gasteiger charge is -2.07. The predicted molar refractivity (Wildman–Crippen MR) is 122 cm³/mol. The second kappa shape index (κ2) is 9.01. The van der Waals surface area contributed by atoms with Crippen molar-refractivity contribution in [3.8, 4) is 28.6 Å². The Hall–Kier alpha value is -3.65. The fourth-order valence-corrected chi connectivity index (χ4v) is 3.22. The molecule has 0 saturated carbocycles. The molecule has 0 unspecified atom stereocenters. The van der Waals surface area contributed by atoms with Gasteiger partial charge in [0, 0.05) is 15.7 Å². The number of hydrogen-bond acceptors (Lipinski definition) is 5. The van der Waals surface area contributed by atoms with Crippen molar-refractivity contribution in [3.63, 3.8) is 0 Å². The van der Waals surface area contributed by atoms with E-state index < -0.39 is 5.91 Å².